The van der Waals surface area contributed by atoms with Crippen molar-refractivity contribution < 1.29 is 19.2 Å². The van der Waals surface area contributed by atoms with Crippen LogP contribution in [0.15, 0.2) is 36.7 Å². The van der Waals surface area contributed by atoms with Gasteiger partial charge in [-0.1, -0.05) is 0 Å². The third-order valence-electron chi connectivity index (χ3n) is 3.93. The fraction of sp³-hybridized carbons (Fsp3) is 0.250. The first-order valence-corrected chi connectivity index (χ1v) is 7.52. The Morgan fingerprint density at radius 1 is 0.708 bits per heavy atom. The van der Waals surface area contributed by atoms with E-state index in [0.29, 0.717) is 0 Å². The molecule has 2 aromatic rings. The van der Waals surface area contributed by atoms with Crippen LogP contribution in [0.5, 0.6) is 0 Å². The lowest BCUT2D eigenvalue weighted by atomic mass is 10.2. The number of hydrogen-bond donors (Lipinski definition) is 2. The molecule has 2 amide bonds. The van der Waals surface area contributed by atoms with E-state index in [0.717, 1.165) is 0 Å². The van der Waals surface area contributed by atoms with Gasteiger partial charge in [0.2, 0.25) is 0 Å². The Balaban J connectivity index is 1.57. The number of carbonyl (C=O) groups excluding carboxylic acids is 4. The number of H-pyrrole nitrogens is 2. The fourth-order valence-electron chi connectivity index (χ4n) is 2.57. The number of aromatic amines is 2. The number of piperazine rings is 1. The van der Waals surface area contributed by atoms with Crippen molar-refractivity contribution in [3.8, 4) is 0 Å². The van der Waals surface area contributed by atoms with Gasteiger partial charge in [0.15, 0.2) is 0 Å². The van der Waals surface area contributed by atoms with Gasteiger partial charge in [0.1, 0.15) is 0 Å². The largest absolute Gasteiger partial charge is 0.358 e. The average Bonchev–Trinajstić information content (AvgIpc) is 3.32. The van der Waals surface area contributed by atoms with Crippen LogP contribution in [0.25, 0.3) is 0 Å². The fourth-order valence-corrected chi connectivity index (χ4v) is 2.57. The third kappa shape index (κ3) is 2.98. The van der Waals surface area contributed by atoms with E-state index < -0.39 is 23.4 Å². The van der Waals surface area contributed by atoms with Gasteiger partial charge >= 0.3 is 0 Å². The van der Waals surface area contributed by atoms with E-state index >= 15 is 0 Å². The van der Waals surface area contributed by atoms with Crippen molar-refractivity contribution in [2.45, 2.75) is 0 Å². The second-order valence-electron chi connectivity index (χ2n) is 5.41. The van der Waals surface area contributed by atoms with Gasteiger partial charge in [-0.25, -0.2) is 0 Å². The van der Waals surface area contributed by atoms with Crippen molar-refractivity contribution in [2.24, 2.45) is 0 Å². The van der Waals surface area contributed by atoms with E-state index in [1.807, 2.05) is 0 Å². The maximum Gasteiger partial charge on any atom is 0.296 e. The molecule has 1 aliphatic rings. The highest BCUT2D eigenvalue weighted by molar-refractivity contribution is 6.43. The summed E-state index contributed by atoms with van der Waals surface area (Å²) in [6, 6.07) is 6.36. The molecule has 1 fully saturated rings. The molecule has 2 aromatic heterocycles. The maximum absolute atomic E-state index is 12.2. The van der Waals surface area contributed by atoms with Crippen molar-refractivity contribution in [1.82, 2.24) is 19.8 Å². The second kappa shape index (κ2) is 6.53. The Hall–Kier alpha value is -3.16. The van der Waals surface area contributed by atoms with Crippen molar-refractivity contribution in [3.63, 3.8) is 0 Å². The molecule has 8 heteroatoms. The van der Waals surface area contributed by atoms with Crippen molar-refractivity contribution in [2.75, 3.05) is 26.2 Å². The highest BCUT2D eigenvalue weighted by atomic mass is 16.2. The first kappa shape index (κ1) is 15.7. The summed E-state index contributed by atoms with van der Waals surface area (Å²) in [5, 5.41) is 0. The Kier molecular flexibility index (Phi) is 4.28. The minimum Gasteiger partial charge on any atom is -0.358 e. The molecule has 3 heterocycles. The summed E-state index contributed by atoms with van der Waals surface area (Å²) >= 11 is 0. The zero-order valence-electron chi connectivity index (χ0n) is 12.8. The van der Waals surface area contributed by atoms with Gasteiger partial charge in [-0.2, -0.15) is 0 Å². The van der Waals surface area contributed by atoms with E-state index in [1.54, 1.807) is 24.5 Å². The standard InChI is InChI=1S/C16H16N4O4/c21-13(11-3-1-5-17-11)15(23)19-7-9-20(10-8-19)16(24)14(22)12-4-2-6-18-12/h1-6,17-18H,7-10H2. The second-order valence-corrected chi connectivity index (χ2v) is 5.41. The Morgan fingerprint density at radius 3 is 1.38 bits per heavy atom. The van der Waals surface area contributed by atoms with Crippen LogP contribution >= 0.6 is 0 Å². The number of hydrogen-bond acceptors (Lipinski definition) is 4. The molecule has 0 aromatic carbocycles. The zero-order valence-corrected chi connectivity index (χ0v) is 12.8. The number of aromatic nitrogens is 2. The molecule has 0 atom stereocenters. The predicted molar refractivity (Wildman–Crippen MR) is 83.4 cm³/mol. The first-order valence-electron chi connectivity index (χ1n) is 7.52. The molecule has 0 spiro atoms. The molecule has 1 saturated heterocycles. The number of carbonyl (C=O) groups is 4. The molecule has 0 saturated carbocycles. The summed E-state index contributed by atoms with van der Waals surface area (Å²) in [7, 11) is 0. The molecule has 0 radical (unpaired) electrons. The van der Waals surface area contributed by atoms with E-state index in [2.05, 4.69) is 9.97 Å². The minimum absolute atomic E-state index is 0.217. The Bertz CT molecular complexity index is 690. The van der Waals surface area contributed by atoms with Crippen LogP contribution in [0.2, 0.25) is 0 Å². The smallest absolute Gasteiger partial charge is 0.296 e. The van der Waals surface area contributed by atoms with Crippen molar-refractivity contribution in [1.29, 1.82) is 0 Å². The molecule has 0 aliphatic carbocycles. The van der Waals surface area contributed by atoms with Gasteiger partial charge in [0.05, 0.1) is 11.4 Å². The number of ketones is 2. The minimum atomic E-state index is -0.611. The topological polar surface area (TPSA) is 106 Å². The maximum atomic E-state index is 12.2. The van der Waals surface area contributed by atoms with Crippen LogP contribution in [0.3, 0.4) is 0 Å². The summed E-state index contributed by atoms with van der Waals surface area (Å²) < 4.78 is 0. The quantitative estimate of drug-likeness (QED) is 0.612. The van der Waals surface area contributed by atoms with Crippen LogP contribution < -0.4 is 0 Å². The molecule has 1 aliphatic heterocycles. The molecular weight excluding hydrogens is 312 g/mol. The molecule has 8 nitrogen and oxygen atoms in total. The third-order valence-corrected chi connectivity index (χ3v) is 3.93. The molecular formula is C16H16N4O4. The number of Topliss-reactive ketones (excluding diaryl/α,β-unsaturated/α-hetero) is 2. The molecule has 0 bridgehead atoms. The van der Waals surface area contributed by atoms with E-state index in [-0.39, 0.29) is 37.6 Å². The first-order chi connectivity index (χ1) is 11.6. The predicted octanol–water partition coefficient (Wildman–Crippen LogP) is 0.0792. The molecule has 24 heavy (non-hydrogen) atoms. The number of nitrogens with zero attached hydrogens (tertiary/aromatic N) is 2. The summed E-state index contributed by atoms with van der Waals surface area (Å²) in [6.07, 6.45) is 3.15. The van der Waals surface area contributed by atoms with Crippen LogP contribution in [0.4, 0.5) is 0 Å². The van der Waals surface area contributed by atoms with Crippen molar-refractivity contribution >= 4 is 23.4 Å². The zero-order chi connectivity index (χ0) is 17.1. The van der Waals surface area contributed by atoms with Crippen LogP contribution in [0, 0.1) is 0 Å². The van der Waals surface area contributed by atoms with Crippen LogP contribution in [0.1, 0.15) is 21.0 Å². The lowest BCUT2D eigenvalue weighted by Crippen LogP contribution is -2.53. The summed E-state index contributed by atoms with van der Waals surface area (Å²) in [4.78, 5) is 56.6. The van der Waals surface area contributed by atoms with Gasteiger partial charge in [0, 0.05) is 38.6 Å². The van der Waals surface area contributed by atoms with Gasteiger partial charge in [-0.3, -0.25) is 19.2 Å². The number of amides is 2. The molecule has 0 unspecified atom stereocenters. The summed E-state index contributed by atoms with van der Waals surface area (Å²) in [5.41, 5.74) is 0.473. The SMILES string of the molecule is O=C(C(=O)N1CCN(C(=O)C(=O)c2ccc[nH]2)CC1)c1ccc[nH]1. The Labute approximate surface area is 137 Å². The highest BCUT2D eigenvalue weighted by Gasteiger charge is 2.31. The van der Waals surface area contributed by atoms with E-state index in [4.69, 9.17) is 0 Å². The lowest BCUT2D eigenvalue weighted by Gasteiger charge is -2.33. The van der Waals surface area contributed by atoms with Gasteiger partial charge in [0.25, 0.3) is 23.4 Å². The van der Waals surface area contributed by atoms with Gasteiger partial charge in [-0.15, -0.1) is 0 Å². The summed E-state index contributed by atoms with van der Waals surface area (Å²) in [5.74, 6) is -2.44. The number of nitrogens with one attached hydrogen (secondary N) is 2. The Morgan fingerprint density at radius 2 is 1.08 bits per heavy atom. The lowest BCUT2D eigenvalue weighted by molar-refractivity contribution is -0.134. The van der Waals surface area contributed by atoms with Crippen LogP contribution in [-0.2, 0) is 9.59 Å². The monoisotopic (exact) mass is 328 g/mol. The van der Waals surface area contributed by atoms with Crippen LogP contribution in [-0.4, -0.2) is 69.3 Å². The molecule has 124 valence electrons. The summed E-state index contributed by atoms with van der Waals surface area (Å²) in [6.45, 7) is 0.869. The van der Waals surface area contributed by atoms with Crippen molar-refractivity contribution in [3.05, 3.63) is 48.0 Å². The number of rotatable bonds is 4. The average molecular weight is 328 g/mol. The highest BCUT2D eigenvalue weighted by Crippen LogP contribution is 2.08. The van der Waals surface area contributed by atoms with Gasteiger partial charge < -0.3 is 19.8 Å². The van der Waals surface area contributed by atoms with E-state index in [1.165, 1.54) is 21.9 Å². The molecule has 3 rings (SSSR count). The van der Waals surface area contributed by atoms with E-state index in [9.17, 15) is 19.2 Å². The normalized spacial score (nSPS) is 14.5. The van der Waals surface area contributed by atoms with Gasteiger partial charge in [-0.05, 0) is 24.3 Å². The molecule has 2 N–H and O–H groups in total.